The summed E-state index contributed by atoms with van der Waals surface area (Å²) in [5.74, 6) is 0.432. The lowest BCUT2D eigenvalue weighted by atomic mass is 10.1. The molecular weight excluding hydrogens is 248 g/mol. The summed E-state index contributed by atoms with van der Waals surface area (Å²) in [6.45, 7) is 8.74. The van der Waals surface area contributed by atoms with Crippen molar-refractivity contribution in [1.82, 2.24) is 10.6 Å². The summed E-state index contributed by atoms with van der Waals surface area (Å²) in [6, 6.07) is 0. The molecule has 6 nitrogen and oxygen atoms in total. The molecule has 0 spiro atoms. The van der Waals surface area contributed by atoms with Gasteiger partial charge in [-0.3, -0.25) is 10.1 Å². The summed E-state index contributed by atoms with van der Waals surface area (Å²) in [6.07, 6.45) is 0.630. The molecule has 2 amide bonds. The van der Waals surface area contributed by atoms with Gasteiger partial charge in [0, 0.05) is 13.0 Å². The van der Waals surface area contributed by atoms with E-state index >= 15 is 0 Å². The van der Waals surface area contributed by atoms with Gasteiger partial charge < -0.3 is 14.8 Å². The van der Waals surface area contributed by atoms with E-state index in [2.05, 4.69) is 10.6 Å². The molecule has 6 heteroatoms. The standard InChI is InChI=1S/C13H26N2O4/c1-10(2)8-12(16)14-6-5-7-18-9-15-13(17)19-11(3)4/h10-11H,5-9H2,1-4H3,(H,14,16)(H,15,17). The molecule has 0 heterocycles. The summed E-state index contributed by atoms with van der Waals surface area (Å²) in [5, 5.41) is 5.28. The summed E-state index contributed by atoms with van der Waals surface area (Å²) in [7, 11) is 0. The predicted octanol–water partition coefficient (Wildman–Crippen LogP) is 1.65. The number of rotatable bonds is 9. The van der Waals surface area contributed by atoms with E-state index in [0.29, 0.717) is 31.9 Å². The Morgan fingerprint density at radius 2 is 1.79 bits per heavy atom. The SMILES string of the molecule is CC(C)CC(=O)NCCCOCNC(=O)OC(C)C. The van der Waals surface area contributed by atoms with Gasteiger partial charge in [-0.15, -0.1) is 0 Å². The first kappa shape index (κ1) is 17.7. The monoisotopic (exact) mass is 274 g/mol. The van der Waals surface area contributed by atoms with Gasteiger partial charge in [-0.2, -0.15) is 0 Å². The quantitative estimate of drug-likeness (QED) is 0.495. The molecule has 0 unspecified atom stereocenters. The number of carbonyl (C=O) groups excluding carboxylic acids is 2. The van der Waals surface area contributed by atoms with E-state index in [1.807, 2.05) is 13.8 Å². The number of hydrogen-bond acceptors (Lipinski definition) is 4. The molecule has 112 valence electrons. The summed E-state index contributed by atoms with van der Waals surface area (Å²) < 4.78 is 10.0. The highest BCUT2D eigenvalue weighted by Gasteiger charge is 2.04. The molecule has 0 aliphatic carbocycles. The van der Waals surface area contributed by atoms with Crippen LogP contribution < -0.4 is 10.6 Å². The van der Waals surface area contributed by atoms with Crippen LogP contribution in [0.3, 0.4) is 0 Å². The Hall–Kier alpha value is -1.30. The molecule has 0 fully saturated rings. The smallest absolute Gasteiger partial charge is 0.409 e. The van der Waals surface area contributed by atoms with E-state index in [0.717, 1.165) is 0 Å². The van der Waals surface area contributed by atoms with Crippen molar-refractivity contribution >= 4 is 12.0 Å². The largest absolute Gasteiger partial charge is 0.447 e. The molecular formula is C13H26N2O4. The number of ether oxygens (including phenoxy) is 2. The van der Waals surface area contributed by atoms with Gasteiger partial charge in [0.1, 0.15) is 6.73 Å². The zero-order valence-electron chi connectivity index (χ0n) is 12.3. The third-order valence-electron chi connectivity index (χ3n) is 2.04. The zero-order valence-corrected chi connectivity index (χ0v) is 12.3. The Morgan fingerprint density at radius 1 is 1.11 bits per heavy atom. The van der Waals surface area contributed by atoms with Crippen molar-refractivity contribution in [2.45, 2.75) is 46.6 Å². The van der Waals surface area contributed by atoms with E-state index in [-0.39, 0.29) is 18.7 Å². The maximum atomic E-state index is 11.3. The maximum absolute atomic E-state index is 11.3. The highest BCUT2D eigenvalue weighted by Crippen LogP contribution is 1.97. The fourth-order valence-electron chi connectivity index (χ4n) is 1.28. The minimum Gasteiger partial charge on any atom is -0.447 e. The van der Waals surface area contributed by atoms with Crippen LogP contribution in [0, 0.1) is 5.92 Å². The van der Waals surface area contributed by atoms with Crippen molar-refractivity contribution in [3.63, 3.8) is 0 Å². The van der Waals surface area contributed by atoms with Gasteiger partial charge in [-0.05, 0) is 26.2 Å². The molecule has 19 heavy (non-hydrogen) atoms. The summed E-state index contributed by atoms with van der Waals surface area (Å²) >= 11 is 0. The molecule has 0 saturated heterocycles. The van der Waals surface area contributed by atoms with Gasteiger partial charge in [0.2, 0.25) is 5.91 Å². The first-order valence-electron chi connectivity index (χ1n) is 6.70. The first-order valence-corrected chi connectivity index (χ1v) is 6.70. The van der Waals surface area contributed by atoms with Gasteiger partial charge >= 0.3 is 6.09 Å². The average molecular weight is 274 g/mol. The number of carbonyl (C=O) groups is 2. The lowest BCUT2D eigenvalue weighted by Crippen LogP contribution is -2.30. The number of hydrogen-bond donors (Lipinski definition) is 2. The van der Waals surface area contributed by atoms with E-state index in [1.165, 1.54) is 0 Å². The van der Waals surface area contributed by atoms with E-state index in [9.17, 15) is 9.59 Å². The van der Waals surface area contributed by atoms with Crippen LogP contribution >= 0.6 is 0 Å². The second-order valence-electron chi connectivity index (χ2n) is 4.98. The highest BCUT2D eigenvalue weighted by molar-refractivity contribution is 5.75. The minimum absolute atomic E-state index is 0.0636. The Bertz CT molecular complexity index is 241. The van der Waals surface area contributed by atoms with Crippen molar-refractivity contribution in [1.29, 1.82) is 0 Å². The maximum Gasteiger partial charge on any atom is 0.409 e. The number of nitrogens with one attached hydrogen (secondary N) is 2. The Kier molecular flexibility index (Phi) is 9.88. The molecule has 2 N–H and O–H groups in total. The predicted molar refractivity (Wildman–Crippen MR) is 72.7 cm³/mol. The first-order chi connectivity index (χ1) is 8.91. The third kappa shape index (κ3) is 12.9. The Labute approximate surface area is 115 Å². The second kappa shape index (κ2) is 10.6. The van der Waals surface area contributed by atoms with Crippen LogP contribution in [0.5, 0.6) is 0 Å². The van der Waals surface area contributed by atoms with Crippen molar-refractivity contribution in [2.24, 2.45) is 5.92 Å². The summed E-state index contributed by atoms with van der Waals surface area (Å²) in [5.41, 5.74) is 0. The number of alkyl carbamates (subject to hydrolysis) is 1. The number of amides is 2. The molecule has 0 aromatic heterocycles. The van der Waals surface area contributed by atoms with Crippen molar-refractivity contribution in [3.05, 3.63) is 0 Å². The van der Waals surface area contributed by atoms with Gasteiger partial charge in [0.05, 0.1) is 12.7 Å². The van der Waals surface area contributed by atoms with Crippen LogP contribution in [0.1, 0.15) is 40.5 Å². The lowest BCUT2D eigenvalue weighted by molar-refractivity contribution is -0.121. The van der Waals surface area contributed by atoms with Crippen molar-refractivity contribution < 1.29 is 19.1 Å². The van der Waals surface area contributed by atoms with Gasteiger partial charge in [-0.25, -0.2) is 4.79 Å². The normalized spacial score (nSPS) is 10.6. The lowest BCUT2D eigenvalue weighted by Gasteiger charge is -2.10. The van der Waals surface area contributed by atoms with Gasteiger partial charge in [-0.1, -0.05) is 13.8 Å². The molecule has 0 bridgehead atoms. The molecule has 0 rings (SSSR count). The average Bonchev–Trinajstić information content (AvgIpc) is 2.25. The van der Waals surface area contributed by atoms with Gasteiger partial charge in [0.15, 0.2) is 0 Å². The fourth-order valence-corrected chi connectivity index (χ4v) is 1.28. The molecule has 0 saturated carbocycles. The van der Waals surface area contributed by atoms with Crippen LogP contribution in [0.2, 0.25) is 0 Å². The summed E-state index contributed by atoms with van der Waals surface area (Å²) in [4.78, 5) is 22.4. The van der Waals surface area contributed by atoms with Crippen LogP contribution in [0.4, 0.5) is 4.79 Å². The third-order valence-corrected chi connectivity index (χ3v) is 2.04. The molecule has 0 aromatic carbocycles. The van der Waals surface area contributed by atoms with Gasteiger partial charge in [0.25, 0.3) is 0 Å². The minimum atomic E-state index is -0.486. The Balaban J connectivity index is 3.32. The van der Waals surface area contributed by atoms with Crippen LogP contribution in [0.15, 0.2) is 0 Å². The van der Waals surface area contributed by atoms with Crippen molar-refractivity contribution in [2.75, 3.05) is 19.9 Å². The van der Waals surface area contributed by atoms with E-state index in [4.69, 9.17) is 9.47 Å². The van der Waals surface area contributed by atoms with E-state index < -0.39 is 6.09 Å². The molecule has 0 atom stereocenters. The fraction of sp³-hybridized carbons (Fsp3) is 0.846. The van der Waals surface area contributed by atoms with Crippen molar-refractivity contribution in [3.8, 4) is 0 Å². The second-order valence-corrected chi connectivity index (χ2v) is 4.98. The molecule has 0 aromatic rings. The van der Waals surface area contributed by atoms with E-state index in [1.54, 1.807) is 13.8 Å². The van der Waals surface area contributed by atoms with Crippen LogP contribution in [-0.4, -0.2) is 38.0 Å². The topological polar surface area (TPSA) is 76.7 Å². The molecule has 0 aliphatic heterocycles. The molecule has 0 radical (unpaired) electrons. The molecule has 0 aliphatic rings. The zero-order chi connectivity index (χ0) is 14.7. The van der Waals surface area contributed by atoms with Crippen LogP contribution in [0.25, 0.3) is 0 Å². The Morgan fingerprint density at radius 3 is 2.37 bits per heavy atom. The van der Waals surface area contributed by atoms with Crippen LogP contribution in [-0.2, 0) is 14.3 Å². The highest BCUT2D eigenvalue weighted by atomic mass is 16.6.